The third-order valence-corrected chi connectivity index (χ3v) is 4.61. The van der Waals surface area contributed by atoms with Gasteiger partial charge in [0, 0.05) is 6.42 Å². The van der Waals surface area contributed by atoms with Gasteiger partial charge in [0.05, 0.1) is 10.6 Å². The molecule has 19 heavy (non-hydrogen) atoms. The highest BCUT2D eigenvalue weighted by atomic mass is 35.5. The van der Waals surface area contributed by atoms with E-state index in [-0.39, 0.29) is 16.3 Å². The largest absolute Gasteiger partial charge is 0.390 e. The molecule has 1 fully saturated rings. The van der Waals surface area contributed by atoms with Crippen LogP contribution in [0.4, 0.5) is 4.39 Å². The minimum absolute atomic E-state index is 0.134. The molecule has 1 aliphatic rings. The van der Waals surface area contributed by atoms with Crippen LogP contribution in [0.1, 0.15) is 51.5 Å². The van der Waals surface area contributed by atoms with Crippen LogP contribution in [0.2, 0.25) is 5.02 Å². The first-order chi connectivity index (χ1) is 8.81. The molecule has 3 heteroatoms. The Morgan fingerprint density at radius 2 is 1.95 bits per heavy atom. The molecule has 1 nitrogen and oxygen atoms in total. The van der Waals surface area contributed by atoms with Gasteiger partial charge in [-0.15, -0.1) is 0 Å². The molecule has 1 aliphatic carbocycles. The van der Waals surface area contributed by atoms with Crippen LogP contribution in [0.5, 0.6) is 0 Å². The number of hydrogen-bond donors (Lipinski definition) is 1. The van der Waals surface area contributed by atoms with E-state index in [4.69, 9.17) is 11.6 Å². The van der Waals surface area contributed by atoms with Gasteiger partial charge in [-0.3, -0.25) is 0 Å². The van der Waals surface area contributed by atoms with E-state index in [0.717, 1.165) is 32.1 Å². The Morgan fingerprint density at radius 3 is 2.68 bits per heavy atom. The third-order valence-electron chi connectivity index (χ3n) is 4.31. The number of hydrogen-bond acceptors (Lipinski definition) is 1. The second-order valence-electron chi connectivity index (χ2n) is 6.63. The normalized spacial score (nSPS) is 27.0. The van der Waals surface area contributed by atoms with E-state index in [1.807, 2.05) is 0 Å². The SMILES string of the molecule is CC1(C)CCCC(O)(Cc2cccc(Cl)c2F)CC1. The molecule has 0 saturated heterocycles. The number of halogens is 2. The molecule has 0 aliphatic heterocycles. The molecule has 0 aromatic heterocycles. The molecule has 0 heterocycles. The monoisotopic (exact) mass is 284 g/mol. The molecule has 1 aromatic rings. The van der Waals surface area contributed by atoms with Crippen LogP contribution < -0.4 is 0 Å². The van der Waals surface area contributed by atoms with Gasteiger partial charge in [-0.25, -0.2) is 4.39 Å². The van der Waals surface area contributed by atoms with Crippen LogP contribution in [0.3, 0.4) is 0 Å². The molecule has 0 radical (unpaired) electrons. The van der Waals surface area contributed by atoms with Crippen molar-refractivity contribution < 1.29 is 9.50 Å². The van der Waals surface area contributed by atoms with E-state index < -0.39 is 5.60 Å². The lowest BCUT2D eigenvalue weighted by molar-refractivity contribution is 0.0218. The van der Waals surface area contributed by atoms with Crippen molar-refractivity contribution in [3.63, 3.8) is 0 Å². The Balaban J connectivity index is 2.15. The molecule has 0 amide bonds. The van der Waals surface area contributed by atoms with Gasteiger partial charge in [-0.05, 0) is 42.7 Å². The van der Waals surface area contributed by atoms with Crippen molar-refractivity contribution in [3.05, 3.63) is 34.6 Å². The maximum Gasteiger partial charge on any atom is 0.145 e. The summed E-state index contributed by atoms with van der Waals surface area (Å²) in [4.78, 5) is 0. The highest BCUT2D eigenvalue weighted by molar-refractivity contribution is 6.30. The zero-order chi connectivity index (χ0) is 14.1. The fourth-order valence-corrected chi connectivity index (χ4v) is 3.13. The number of rotatable bonds is 2. The van der Waals surface area contributed by atoms with E-state index in [1.165, 1.54) is 0 Å². The molecular weight excluding hydrogens is 263 g/mol. The van der Waals surface area contributed by atoms with Gasteiger partial charge in [0.1, 0.15) is 5.82 Å². The van der Waals surface area contributed by atoms with Crippen LogP contribution in [0.15, 0.2) is 18.2 Å². The summed E-state index contributed by atoms with van der Waals surface area (Å²) in [6, 6.07) is 5.00. The van der Waals surface area contributed by atoms with E-state index in [9.17, 15) is 9.50 Å². The summed E-state index contributed by atoms with van der Waals surface area (Å²) >= 11 is 5.80. The zero-order valence-corrected chi connectivity index (χ0v) is 12.4. The van der Waals surface area contributed by atoms with Crippen molar-refractivity contribution in [1.82, 2.24) is 0 Å². The summed E-state index contributed by atoms with van der Waals surface area (Å²) in [5.41, 5.74) is 0.00566. The second kappa shape index (κ2) is 5.41. The quantitative estimate of drug-likeness (QED) is 0.778. The van der Waals surface area contributed by atoms with Crippen LogP contribution in [0.25, 0.3) is 0 Å². The van der Waals surface area contributed by atoms with Gasteiger partial charge in [0.15, 0.2) is 0 Å². The summed E-state index contributed by atoms with van der Waals surface area (Å²) < 4.78 is 13.9. The van der Waals surface area contributed by atoms with E-state index >= 15 is 0 Å². The van der Waals surface area contributed by atoms with Gasteiger partial charge in [-0.2, -0.15) is 0 Å². The highest BCUT2D eigenvalue weighted by Crippen LogP contribution is 2.39. The maximum absolute atomic E-state index is 13.9. The van der Waals surface area contributed by atoms with Crippen molar-refractivity contribution in [2.24, 2.45) is 5.41 Å². The Hall–Kier alpha value is -0.600. The average Bonchev–Trinajstić information content (AvgIpc) is 2.45. The van der Waals surface area contributed by atoms with E-state index in [1.54, 1.807) is 18.2 Å². The summed E-state index contributed by atoms with van der Waals surface area (Å²) in [5.74, 6) is -0.388. The smallest absolute Gasteiger partial charge is 0.145 e. The van der Waals surface area contributed by atoms with E-state index in [2.05, 4.69) is 13.8 Å². The molecular formula is C16H22ClFO. The fraction of sp³-hybridized carbons (Fsp3) is 0.625. The number of aliphatic hydroxyl groups is 1. The lowest BCUT2D eigenvalue weighted by atomic mass is 9.83. The molecule has 106 valence electrons. The molecule has 1 N–H and O–H groups in total. The van der Waals surface area contributed by atoms with Gasteiger partial charge < -0.3 is 5.11 Å². The highest BCUT2D eigenvalue weighted by Gasteiger charge is 2.34. The maximum atomic E-state index is 13.9. The van der Waals surface area contributed by atoms with Gasteiger partial charge in [0.2, 0.25) is 0 Å². The van der Waals surface area contributed by atoms with Crippen LogP contribution in [0, 0.1) is 11.2 Å². The minimum atomic E-state index is -0.792. The van der Waals surface area contributed by atoms with Gasteiger partial charge >= 0.3 is 0 Å². The summed E-state index contributed by atoms with van der Waals surface area (Å²) in [6.45, 7) is 4.47. The standard InChI is InChI=1S/C16H22ClFO/c1-15(2)7-4-8-16(19,10-9-15)11-12-5-3-6-13(17)14(12)18/h3,5-6,19H,4,7-11H2,1-2H3. The predicted octanol–water partition coefficient (Wildman–Crippen LogP) is 4.74. The lowest BCUT2D eigenvalue weighted by Gasteiger charge is -2.28. The molecule has 1 aromatic carbocycles. The van der Waals surface area contributed by atoms with Crippen LogP contribution in [-0.4, -0.2) is 10.7 Å². The molecule has 0 spiro atoms. The molecule has 0 bridgehead atoms. The van der Waals surface area contributed by atoms with Crippen molar-refractivity contribution in [3.8, 4) is 0 Å². The van der Waals surface area contributed by atoms with E-state index in [0.29, 0.717) is 12.0 Å². The molecule has 1 unspecified atom stereocenters. The first-order valence-corrected chi connectivity index (χ1v) is 7.34. The Kier molecular flexibility index (Phi) is 4.22. The van der Waals surface area contributed by atoms with Crippen LogP contribution in [-0.2, 0) is 6.42 Å². The summed E-state index contributed by atoms with van der Waals surface area (Å²) in [6.07, 6.45) is 4.91. The molecule has 1 atom stereocenters. The second-order valence-corrected chi connectivity index (χ2v) is 7.04. The Bertz CT molecular complexity index is 458. The van der Waals surface area contributed by atoms with Crippen molar-refractivity contribution >= 4 is 11.6 Å². The molecule has 2 rings (SSSR count). The lowest BCUT2D eigenvalue weighted by Crippen LogP contribution is -2.31. The minimum Gasteiger partial charge on any atom is -0.390 e. The summed E-state index contributed by atoms with van der Waals surface area (Å²) in [5, 5.41) is 10.9. The third kappa shape index (κ3) is 3.70. The first-order valence-electron chi connectivity index (χ1n) is 6.97. The number of benzene rings is 1. The van der Waals surface area contributed by atoms with Gasteiger partial charge in [0.25, 0.3) is 0 Å². The fourth-order valence-electron chi connectivity index (χ4n) is 2.93. The summed E-state index contributed by atoms with van der Waals surface area (Å²) in [7, 11) is 0. The van der Waals surface area contributed by atoms with Crippen LogP contribution >= 0.6 is 11.6 Å². The van der Waals surface area contributed by atoms with Crippen molar-refractivity contribution in [2.75, 3.05) is 0 Å². The molecule has 1 saturated carbocycles. The average molecular weight is 285 g/mol. The van der Waals surface area contributed by atoms with Crippen molar-refractivity contribution in [1.29, 1.82) is 0 Å². The zero-order valence-electron chi connectivity index (χ0n) is 11.7. The van der Waals surface area contributed by atoms with Crippen molar-refractivity contribution in [2.45, 2.75) is 58.0 Å². The topological polar surface area (TPSA) is 20.2 Å². The predicted molar refractivity (Wildman–Crippen MR) is 76.9 cm³/mol. The van der Waals surface area contributed by atoms with Gasteiger partial charge in [-0.1, -0.05) is 44.0 Å². The Morgan fingerprint density at radius 1 is 1.21 bits per heavy atom. The Labute approximate surface area is 119 Å². The first kappa shape index (κ1) is 14.8.